The Balaban J connectivity index is 0.000000318. The van der Waals surface area contributed by atoms with Gasteiger partial charge >= 0.3 is 12.1 Å². The number of aliphatic carboxylic acids is 1. The fourth-order valence-electron chi connectivity index (χ4n) is 3.03. The number of amides is 1. The number of hydrogen-bond acceptors (Lipinski definition) is 6. The molecule has 1 saturated carbocycles. The van der Waals surface area contributed by atoms with E-state index in [0.717, 1.165) is 30.3 Å². The number of nitrogens with zero attached hydrogens (tertiary/aromatic N) is 4. The number of ether oxygens (including phenoxy) is 1. The zero-order chi connectivity index (χ0) is 21.9. The molecule has 0 radical (unpaired) electrons. The van der Waals surface area contributed by atoms with Gasteiger partial charge in [-0.05, 0) is 25.2 Å². The summed E-state index contributed by atoms with van der Waals surface area (Å²) in [7, 11) is 1.92. The highest BCUT2D eigenvalue weighted by molar-refractivity contribution is 5.91. The number of carbonyl (C=O) groups is 2. The standard InChI is InChI=1S/C16H20N4O3.C2HF3O2/c1-19-14-8-20(16(21)15-4-6-17-23-15)7-5-12(14)13(18-19)10-22-9-11-2-3-11;3-2(4,5)1(6)7/h4,6,11H,2-3,5,7-10H2,1H3;(H,6,7). The maximum absolute atomic E-state index is 12.4. The molecule has 1 aliphatic heterocycles. The van der Waals surface area contributed by atoms with Gasteiger partial charge in [0.25, 0.3) is 5.91 Å². The Morgan fingerprint density at radius 2 is 2.07 bits per heavy atom. The molecule has 0 saturated heterocycles. The van der Waals surface area contributed by atoms with E-state index in [4.69, 9.17) is 19.2 Å². The zero-order valence-electron chi connectivity index (χ0n) is 16.2. The molecule has 2 aromatic heterocycles. The zero-order valence-corrected chi connectivity index (χ0v) is 16.2. The number of fused-ring (bicyclic) bond motifs is 1. The molecule has 1 fully saturated rings. The van der Waals surface area contributed by atoms with Crippen molar-refractivity contribution in [2.24, 2.45) is 13.0 Å². The smallest absolute Gasteiger partial charge is 0.475 e. The number of hydrogen-bond donors (Lipinski definition) is 1. The summed E-state index contributed by atoms with van der Waals surface area (Å²) in [5, 5.41) is 15.3. The molecule has 9 nitrogen and oxygen atoms in total. The fourth-order valence-corrected chi connectivity index (χ4v) is 3.03. The van der Waals surface area contributed by atoms with Gasteiger partial charge < -0.3 is 19.3 Å². The van der Waals surface area contributed by atoms with Crippen LogP contribution in [0.25, 0.3) is 0 Å². The molecule has 2 aliphatic rings. The summed E-state index contributed by atoms with van der Waals surface area (Å²) < 4.78 is 44.3. The van der Waals surface area contributed by atoms with Gasteiger partial charge in [0.05, 0.1) is 30.7 Å². The van der Waals surface area contributed by atoms with Crippen molar-refractivity contribution in [2.75, 3.05) is 13.2 Å². The van der Waals surface area contributed by atoms with Crippen molar-refractivity contribution in [1.29, 1.82) is 0 Å². The largest absolute Gasteiger partial charge is 0.490 e. The van der Waals surface area contributed by atoms with Crippen LogP contribution in [0.3, 0.4) is 0 Å². The predicted octanol–water partition coefficient (Wildman–Crippen LogP) is 2.17. The molecule has 0 bridgehead atoms. The molecule has 0 aromatic carbocycles. The second kappa shape index (κ2) is 8.86. The summed E-state index contributed by atoms with van der Waals surface area (Å²) in [4.78, 5) is 23.1. The van der Waals surface area contributed by atoms with E-state index in [2.05, 4.69) is 10.3 Å². The fraction of sp³-hybridized carbons (Fsp3) is 0.556. The number of carbonyl (C=O) groups excluding carboxylic acids is 1. The number of aromatic nitrogens is 3. The van der Waals surface area contributed by atoms with Crippen molar-refractivity contribution in [3.63, 3.8) is 0 Å². The number of aryl methyl sites for hydroxylation is 1. The van der Waals surface area contributed by atoms with Crippen molar-refractivity contribution >= 4 is 11.9 Å². The molecule has 0 spiro atoms. The Labute approximate surface area is 169 Å². The first-order chi connectivity index (χ1) is 14.2. The van der Waals surface area contributed by atoms with Gasteiger partial charge in [-0.25, -0.2) is 4.79 Å². The van der Waals surface area contributed by atoms with Crippen molar-refractivity contribution in [3.05, 3.63) is 35.0 Å². The minimum Gasteiger partial charge on any atom is -0.475 e. The van der Waals surface area contributed by atoms with E-state index >= 15 is 0 Å². The molecule has 1 N–H and O–H groups in total. The van der Waals surface area contributed by atoms with Gasteiger partial charge in [-0.1, -0.05) is 5.16 Å². The lowest BCUT2D eigenvalue weighted by molar-refractivity contribution is -0.192. The van der Waals surface area contributed by atoms with E-state index in [1.807, 2.05) is 11.7 Å². The van der Waals surface area contributed by atoms with Crippen LogP contribution in [0.1, 0.15) is 40.3 Å². The summed E-state index contributed by atoms with van der Waals surface area (Å²) >= 11 is 0. The van der Waals surface area contributed by atoms with Gasteiger partial charge in [0.15, 0.2) is 0 Å². The summed E-state index contributed by atoms with van der Waals surface area (Å²) in [5.41, 5.74) is 3.31. The lowest BCUT2D eigenvalue weighted by Gasteiger charge is -2.26. The molecule has 30 heavy (non-hydrogen) atoms. The molecule has 4 rings (SSSR count). The van der Waals surface area contributed by atoms with Crippen LogP contribution >= 0.6 is 0 Å². The number of rotatable bonds is 5. The maximum atomic E-state index is 12.4. The Morgan fingerprint density at radius 3 is 2.63 bits per heavy atom. The predicted molar refractivity (Wildman–Crippen MR) is 94.2 cm³/mol. The van der Waals surface area contributed by atoms with Gasteiger partial charge in [-0.2, -0.15) is 18.3 Å². The van der Waals surface area contributed by atoms with Crippen LogP contribution in [0, 0.1) is 5.92 Å². The Kier molecular flexibility index (Phi) is 6.44. The van der Waals surface area contributed by atoms with E-state index in [-0.39, 0.29) is 11.7 Å². The van der Waals surface area contributed by atoms with Gasteiger partial charge in [-0.3, -0.25) is 9.48 Å². The topological polar surface area (TPSA) is 111 Å². The SMILES string of the molecule is Cn1nc(COCC2CC2)c2c1CN(C(=O)c1ccno1)CC2.O=C(O)C(F)(F)F. The second-order valence-electron chi connectivity index (χ2n) is 7.11. The summed E-state index contributed by atoms with van der Waals surface area (Å²) in [6.45, 7) is 2.60. The lowest BCUT2D eigenvalue weighted by atomic mass is 10.0. The molecule has 2 aromatic rings. The van der Waals surface area contributed by atoms with Gasteiger partial charge in [-0.15, -0.1) is 0 Å². The summed E-state index contributed by atoms with van der Waals surface area (Å²) in [6.07, 6.45) is -0.217. The van der Waals surface area contributed by atoms with Crippen LogP contribution in [-0.4, -0.2) is 56.1 Å². The minimum absolute atomic E-state index is 0.124. The van der Waals surface area contributed by atoms with E-state index in [1.54, 1.807) is 11.0 Å². The van der Waals surface area contributed by atoms with E-state index in [9.17, 15) is 18.0 Å². The second-order valence-corrected chi connectivity index (χ2v) is 7.11. The monoisotopic (exact) mass is 430 g/mol. The Morgan fingerprint density at radius 1 is 1.37 bits per heavy atom. The third-order valence-corrected chi connectivity index (χ3v) is 4.80. The van der Waals surface area contributed by atoms with Crippen molar-refractivity contribution in [1.82, 2.24) is 19.8 Å². The summed E-state index contributed by atoms with van der Waals surface area (Å²) in [6, 6.07) is 1.60. The number of alkyl halides is 3. The van der Waals surface area contributed by atoms with Crippen molar-refractivity contribution in [2.45, 2.75) is 38.6 Å². The van der Waals surface area contributed by atoms with Crippen LogP contribution in [0.15, 0.2) is 16.8 Å². The minimum atomic E-state index is -5.08. The van der Waals surface area contributed by atoms with Crippen LogP contribution in [0.5, 0.6) is 0 Å². The third-order valence-electron chi connectivity index (χ3n) is 4.80. The molecule has 164 valence electrons. The molecule has 0 atom stereocenters. The lowest BCUT2D eigenvalue weighted by Crippen LogP contribution is -2.36. The first-order valence-corrected chi connectivity index (χ1v) is 9.28. The molecule has 1 aliphatic carbocycles. The highest BCUT2D eigenvalue weighted by atomic mass is 19.4. The third kappa shape index (κ3) is 5.38. The van der Waals surface area contributed by atoms with E-state index < -0.39 is 12.1 Å². The average molecular weight is 430 g/mol. The first-order valence-electron chi connectivity index (χ1n) is 9.28. The molecule has 12 heteroatoms. The number of halogens is 3. The molecule has 0 unspecified atom stereocenters. The summed E-state index contributed by atoms with van der Waals surface area (Å²) in [5.74, 6) is -1.85. The van der Waals surface area contributed by atoms with E-state index in [1.165, 1.54) is 24.6 Å². The molecular formula is C18H21F3N4O5. The van der Waals surface area contributed by atoms with Gasteiger partial charge in [0.1, 0.15) is 0 Å². The molecule has 3 heterocycles. The molecular weight excluding hydrogens is 409 g/mol. The Hall–Kier alpha value is -2.89. The highest BCUT2D eigenvalue weighted by Gasteiger charge is 2.38. The van der Waals surface area contributed by atoms with E-state index in [0.29, 0.717) is 19.7 Å². The highest BCUT2D eigenvalue weighted by Crippen LogP contribution is 2.29. The van der Waals surface area contributed by atoms with Crippen molar-refractivity contribution in [3.8, 4) is 0 Å². The Bertz CT molecular complexity index is 891. The van der Waals surface area contributed by atoms with Crippen LogP contribution < -0.4 is 0 Å². The molecule has 1 amide bonds. The number of carboxylic acid groups (broad SMARTS) is 1. The van der Waals surface area contributed by atoms with Crippen molar-refractivity contribution < 1.29 is 37.1 Å². The number of carboxylic acids is 1. The van der Waals surface area contributed by atoms with Crippen LogP contribution in [0.4, 0.5) is 13.2 Å². The normalized spacial score (nSPS) is 15.9. The van der Waals surface area contributed by atoms with Gasteiger partial charge in [0, 0.05) is 31.8 Å². The quantitative estimate of drug-likeness (QED) is 0.774. The van der Waals surface area contributed by atoms with Crippen LogP contribution in [-0.2, 0) is 36.2 Å². The average Bonchev–Trinajstić information content (AvgIpc) is 3.24. The van der Waals surface area contributed by atoms with Gasteiger partial charge in [0.2, 0.25) is 5.76 Å². The maximum Gasteiger partial charge on any atom is 0.490 e. The first kappa shape index (κ1) is 21.8. The van der Waals surface area contributed by atoms with Crippen LogP contribution in [0.2, 0.25) is 0 Å².